The van der Waals surface area contributed by atoms with E-state index in [0.717, 1.165) is 35.3 Å². The molecule has 0 aliphatic carbocycles. The van der Waals surface area contributed by atoms with Crippen LogP contribution < -0.4 is 0 Å². The molecule has 0 bridgehead atoms. The van der Waals surface area contributed by atoms with Gasteiger partial charge in [-0.2, -0.15) is 5.10 Å². The zero-order chi connectivity index (χ0) is 23.2. The van der Waals surface area contributed by atoms with Crippen LogP contribution >= 0.6 is 0 Å². The molecule has 172 valence electrons. The van der Waals surface area contributed by atoms with Gasteiger partial charge in [-0.05, 0) is 48.2 Å². The zero-order valence-corrected chi connectivity index (χ0v) is 19.4. The highest BCUT2D eigenvalue weighted by molar-refractivity contribution is 5.89. The molecule has 0 N–H and O–H groups in total. The number of piperazine rings is 1. The largest absolute Gasteiger partial charge is 0.339 e. The number of amides is 2. The summed E-state index contributed by atoms with van der Waals surface area (Å²) in [4.78, 5) is 34.6. The minimum absolute atomic E-state index is 0.000732. The second-order valence-electron chi connectivity index (χ2n) is 8.47. The lowest BCUT2D eigenvalue weighted by atomic mass is 9.93. The van der Waals surface area contributed by atoms with Crippen LogP contribution in [-0.4, -0.2) is 62.1 Å². The van der Waals surface area contributed by atoms with Crippen LogP contribution in [0.2, 0.25) is 0 Å². The first kappa shape index (κ1) is 22.7. The lowest BCUT2D eigenvalue weighted by Gasteiger charge is -2.41. The van der Waals surface area contributed by atoms with E-state index < -0.39 is 6.04 Å². The first-order valence-corrected chi connectivity index (χ1v) is 11.6. The summed E-state index contributed by atoms with van der Waals surface area (Å²) in [5, 5.41) is 4.28. The van der Waals surface area contributed by atoms with Gasteiger partial charge < -0.3 is 9.80 Å². The number of nitrogens with zero attached hydrogens (tertiary/aromatic N) is 5. The highest BCUT2D eigenvalue weighted by atomic mass is 16.2. The highest BCUT2D eigenvalue weighted by Crippen LogP contribution is 2.27. The zero-order valence-electron chi connectivity index (χ0n) is 19.4. The molecule has 3 heterocycles. The molecule has 1 aromatic carbocycles. The lowest BCUT2D eigenvalue weighted by molar-refractivity contribution is -0.151. The second-order valence-corrected chi connectivity index (χ2v) is 8.47. The van der Waals surface area contributed by atoms with Gasteiger partial charge in [0, 0.05) is 63.3 Å². The van der Waals surface area contributed by atoms with Crippen LogP contribution in [0.3, 0.4) is 0 Å². The van der Waals surface area contributed by atoms with E-state index in [-0.39, 0.29) is 11.8 Å². The van der Waals surface area contributed by atoms with Gasteiger partial charge >= 0.3 is 0 Å². The van der Waals surface area contributed by atoms with Gasteiger partial charge in [-0.25, -0.2) is 0 Å². The topological polar surface area (TPSA) is 71.3 Å². The Morgan fingerprint density at radius 2 is 1.82 bits per heavy atom. The van der Waals surface area contributed by atoms with Crippen molar-refractivity contribution in [1.29, 1.82) is 0 Å². The van der Waals surface area contributed by atoms with Crippen molar-refractivity contribution in [3.8, 4) is 11.1 Å². The first-order valence-electron chi connectivity index (χ1n) is 11.6. The third-order valence-corrected chi connectivity index (χ3v) is 6.29. The van der Waals surface area contributed by atoms with Crippen molar-refractivity contribution in [3.05, 3.63) is 72.3 Å². The van der Waals surface area contributed by atoms with E-state index in [1.54, 1.807) is 23.5 Å². The van der Waals surface area contributed by atoms with Crippen LogP contribution in [0, 0.1) is 6.92 Å². The molecule has 0 radical (unpaired) electrons. The molecule has 33 heavy (non-hydrogen) atoms. The summed E-state index contributed by atoms with van der Waals surface area (Å²) in [6.45, 7) is 6.43. The Balaban J connectivity index is 1.58. The van der Waals surface area contributed by atoms with Crippen LogP contribution in [0.5, 0.6) is 0 Å². The third kappa shape index (κ3) is 5.13. The number of aryl methyl sites for hydroxylation is 2. The molecular weight excluding hydrogens is 414 g/mol. The van der Waals surface area contributed by atoms with E-state index in [9.17, 15) is 9.59 Å². The summed E-state index contributed by atoms with van der Waals surface area (Å²) < 4.78 is 1.83. The molecule has 1 fully saturated rings. The summed E-state index contributed by atoms with van der Waals surface area (Å²) >= 11 is 0. The Kier molecular flexibility index (Phi) is 7.17. The molecule has 2 amide bonds. The maximum Gasteiger partial charge on any atom is 0.245 e. The average molecular weight is 446 g/mol. The normalized spacial score (nSPS) is 16.3. The fraction of sp³-hybridized carbons (Fsp3) is 0.385. The van der Waals surface area contributed by atoms with E-state index in [1.807, 2.05) is 46.8 Å². The number of aromatic nitrogens is 3. The molecule has 1 saturated heterocycles. The van der Waals surface area contributed by atoms with E-state index >= 15 is 0 Å². The van der Waals surface area contributed by atoms with Crippen molar-refractivity contribution < 1.29 is 9.59 Å². The number of rotatable bonds is 8. The van der Waals surface area contributed by atoms with Gasteiger partial charge in [0.15, 0.2) is 0 Å². The van der Waals surface area contributed by atoms with Gasteiger partial charge in [0.2, 0.25) is 11.8 Å². The summed E-state index contributed by atoms with van der Waals surface area (Å²) in [6, 6.07) is 13.5. The van der Waals surface area contributed by atoms with Crippen molar-refractivity contribution in [2.75, 3.05) is 19.6 Å². The Bertz CT molecular complexity index is 1090. The van der Waals surface area contributed by atoms with Crippen molar-refractivity contribution >= 4 is 11.8 Å². The van der Waals surface area contributed by atoms with Gasteiger partial charge in [-0.3, -0.25) is 19.3 Å². The molecule has 1 aliphatic heterocycles. The molecule has 7 nitrogen and oxygen atoms in total. The number of carbonyl (C=O) groups is 2. The van der Waals surface area contributed by atoms with Gasteiger partial charge in [0.1, 0.15) is 6.04 Å². The van der Waals surface area contributed by atoms with E-state index in [1.165, 1.54) is 0 Å². The smallest absolute Gasteiger partial charge is 0.245 e. The molecule has 0 spiro atoms. The van der Waals surface area contributed by atoms with Gasteiger partial charge in [-0.15, -0.1) is 0 Å². The van der Waals surface area contributed by atoms with E-state index in [4.69, 9.17) is 0 Å². The minimum Gasteiger partial charge on any atom is -0.339 e. The summed E-state index contributed by atoms with van der Waals surface area (Å²) in [6.07, 6.45) is 7.00. The molecule has 7 heteroatoms. The van der Waals surface area contributed by atoms with E-state index in [0.29, 0.717) is 32.5 Å². The molecule has 4 rings (SSSR count). The summed E-state index contributed by atoms with van der Waals surface area (Å²) in [5.41, 5.74) is 4.21. The number of hydrogen-bond acceptors (Lipinski definition) is 4. The van der Waals surface area contributed by atoms with Crippen LogP contribution in [0.4, 0.5) is 0 Å². The Labute approximate surface area is 195 Å². The summed E-state index contributed by atoms with van der Waals surface area (Å²) in [7, 11) is 0. The standard InChI is InChI=1S/C26H31N5O2/c1-3-15-29-17-18-30(25(32)11-16-31-20(2)8-14-28-31)24(26(29)33)19-22-6-4-5-7-23(22)21-9-12-27-13-10-21/h4-10,12-14,24H,3,11,15-19H2,1-2H3. The third-order valence-electron chi connectivity index (χ3n) is 6.29. The van der Waals surface area contributed by atoms with Crippen molar-refractivity contribution in [2.45, 2.75) is 45.7 Å². The fourth-order valence-electron chi connectivity index (χ4n) is 4.52. The summed E-state index contributed by atoms with van der Waals surface area (Å²) in [5.74, 6) is 0.0389. The van der Waals surface area contributed by atoms with Crippen LogP contribution in [0.1, 0.15) is 31.0 Å². The van der Waals surface area contributed by atoms with Crippen LogP contribution in [0.25, 0.3) is 11.1 Å². The number of pyridine rings is 1. The van der Waals surface area contributed by atoms with Crippen LogP contribution in [-0.2, 0) is 22.6 Å². The van der Waals surface area contributed by atoms with Crippen molar-refractivity contribution in [1.82, 2.24) is 24.6 Å². The van der Waals surface area contributed by atoms with E-state index in [2.05, 4.69) is 29.1 Å². The Morgan fingerprint density at radius 1 is 1.03 bits per heavy atom. The maximum absolute atomic E-state index is 13.5. The molecule has 1 unspecified atom stereocenters. The molecular formula is C26H31N5O2. The molecule has 1 atom stereocenters. The number of carbonyl (C=O) groups excluding carboxylic acids is 2. The first-order chi connectivity index (χ1) is 16.1. The van der Waals surface area contributed by atoms with Crippen LogP contribution in [0.15, 0.2) is 61.1 Å². The molecule has 1 aliphatic rings. The minimum atomic E-state index is -0.500. The van der Waals surface area contributed by atoms with Gasteiger partial charge in [-0.1, -0.05) is 31.2 Å². The average Bonchev–Trinajstić information content (AvgIpc) is 3.25. The molecule has 0 saturated carbocycles. The Hall–Kier alpha value is -3.48. The van der Waals surface area contributed by atoms with Gasteiger partial charge in [0.05, 0.1) is 0 Å². The number of hydrogen-bond donors (Lipinski definition) is 0. The predicted molar refractivity (Wildman–Crippen MR) is 127 cm³/mol. The maximum atomic E-state index is 13.5. The molecule has 3 aromatic rings. The van der Waals surface area contributed by atoms with Gasteiger partial charge in [0.25, 0.3) is 0 Å². The van der Waals surface area contributed by atoms with Crippen molar-refractivity contribution in [2.24, 2.45) is 0 Å². The second kappa shape index (κ2) is 10.4. The number of benzene rings is 1. The SMILES string of the molecule is CCCN1CCN(C(=O)CCn2nccc2C)C(Cc2ccccc2-c2ccncc2)C1=O. The molecule has 2 aromatic heterocycles. The van der Waals surface area contributed by atoms with Crippen molar-refractivity contribution in [3.63, 3.8) is 0 Å². The monoisotopic (exact) mass is 445 g/mol. The Morgan fingerprint density at radius 3 is 2.55 bits per heavy atom. The lowest BCUT2D eigenvalue weighted by Crippen LogP contribution is -2.59. The quantitative estimate of drug-likeness (QED) is 0.533. The predicted octanol–water partition coefficient (Wildman–Crippen LogP) is 3.34. The highest BCUT2D eigenvalue weighted by Gasteiger charge is 2.37. The fourth-order valence-corrected chi connectivity index (χ4v) is 4.52.